The Labute approximate surface area is 188 Å². The molecule has 1 aliphatic heterocycles. The molecule has 4 rings (SSSR count). The molecule has 0 saturated carbocycles. The first-order chi connectivity index (χ1) is 14.8. The fraction of sp³-hybridized carbons (Fsp3) is 0.500. The molecule has 0 unspecified atom stereocenters. The second-order valence-electron chi connectivity index (χ2n) is 9.23. The molecule has 1 aliphatic rings. The topological polar surface area (TPSA) is 71.3 Å². The lowest BCUT2D eigenvalue weighted by atomic mass is 9.98. The Balaban J connectivity index is 1.68. The third-order valence-electron chi connectivity index (χ3n) is 5.50. The van der Waals surface area contributed by atoms with Crippen molar-refractivity contribution < 1.29 is 14.2 Å². The van der Waals surface area contributed by atoms with Gasteiger partial charge in [-0.1, -0.05) is 38.2 Å². The summed E-state index contributed by atoms with van der Waals surface area (Å²) in [5.74, 6) is 0.790. The van der Waals surface area contributed by atoms with E-state index in [0.29, 0.717) is 37.4 Å². The first kappa shape index (κ1) is 22.2. The van der Waals surface area contributed by atoms with E-state index in [-0.39, 0.29) is 5.60 Å². The Morgan fingerprint density at radius 1 is 1.19 bits per heavy atom. The van der Waals surface area contributed by atoms with E-state index in [1.165, 1.54) is 6.33 Å². The van der Waals surface area contributed by atoms with Gasteiger partial charge in [0.05, 0.1) is 30.1 Å². The smallest absolute Gasteiger partial charge is 0.155 e. The number of nitrogens with zero attached hydrogens (tertiary/aromatic N) is 4. The predicted molar refractivity (Wildman–Crippen MR) is 124 cm³/mol. The minimum atomic E-state index is -1.16. The van der Waals surface area contributed by atoms with Crippen LogP contribution in [-0.4, -0.2) is 53.2 Å². The summed E-state index contributed by atoms with van der Waals surface area (Å²) in [5.41, 5.74) is 2.14. The molecule has 1 aromatic carbocycles. The first-order valence-electron chi connectivity index (χ1n) is 10.6. The quantitative estimate of drug-likeness (QED) is 0.254. The van der Waals surface area contributed by atoms with Crippen LogP contribution in [0.5, 0.6) is 5.75 Å². The van der Waals surface area contributed by atoms with Gasteiger partial charge in [-0.15, -0.1) is 0 Å². The molecule has 1 fully saturated rings. The molecule has 0 spiro atoms. The Kier molecular flexibility index (Phi) is 6.34. The van der Waals surface area contributed by atoms with Crippen LogP contribution in [0.1, 0.15) is 13.3 Å². The normalized spacial score (nSPS) is 15.8. The fourth-order valence-corrected chi connectivity index (χ4v) is 4.35. The molecule has 9 heteroatoms. The molecule has 0 N–H and O–H groups in total. The van der Waals surface area contributed by atoms with E-state index in [4.69, 9.17) is 30.9 Å². The van der Waals surface area contributed by atoms with Crippen molar-refractivity contribution in [2.24, 2.45) is 0 Å². The van der Waals surface area contributed by atoms with E-state index in [2.05, 4.69) is 36.5 Å². The summed E-state index contributed by atoms with van der Waals surface area (Å²) in [5, 5.41) is 6.09. The number of aromatic nitrogens is 4. The summed E-state index contributed by atoms with van der Waals surface area (Å²) in [4.78, 5) is 8.46. The summed E-state index contributed by atoms with van der Waals surface area (Å²) in [6.07, 6.45) is 2.36. The lowest BCUT2D eigenvalue weighted by molar-refractivity contribution is -0.162. The van der Waals surface area contributed by atoms with Gasteiger partial charge in [0.15, 0.2) is 5.60 Å². The van der Waals surface area contributed by atoms with Gasteiger partial charge >= 0.3 is 0 Å². The van der Waals surface area contributed by atoms with E-state index < -0.39 is 8.07 Å². The van der Waals surface area contributed by atoms with Crippen molar-refractivity contribution in [2.75, 3.05) is 19.8 Å². The number of rotatable bonds is 9. The van der Waals surface area contributed by atoms with Crippen molar-refractivity contribution in [2.45, 2.75) is 51.4 Å². The van der Waals surface area contributed by atoms with E-state index in [9.17, 15) is 0 Å². The van der Waals surface area contributed by atoms with Gasteiger partial charge in [-0.2, -0.15) is 5.10 Å². The summed E-state index contributed by atoms with van der Waals surface area (Å²) in [6, 6.07) is 8.79. The Morgan fingerprint density at radius 3 is 2.65 bits per heavy atom. The van der Waals surface area contributed by atoms with Crippen LogP contribution < -0.4 is 4.74 Å². The summed E-state index contributed by atoms with van der Waals surface area (Å²) >= 11 is 6.16. The maximum Gasteiger partial charge on any atom is 0.155 e. The number of halogens is 1. The molecule has 3 aromatic rings. The van der Waals surface area contributed by atoms with E-state index in [0.717, 1.165) is 34.8 Å². The predicted octanol–water partition coefficient (Wildman–Crippen LogP) is 5.02. The summed E-state index contributed by atoms with van der Waals surface area (Å²) < 4.78 is 19.5. The molecule has 1 saturated heterocycles. The lowest BCUT2D eigenvalue weighted by Crippen LogP contribution is -2.53. The molecular formula is C22H29ClN4O3Si. The van der Waals surface area contributed by atoms with Gasteiger partial charge in [0.25, 0.3) is 0 Å². The van der Waals surface area contributed by atoms with E-state index in [1.54, 1.807) is 6.07 Å². The molecule has 0 radical (unpaired) electrons. The maximum absolute atomic E-state index is 6.31. The Hall–Kier alpha value is -2.00. The van der Waals surface area contributed by atoms with Gasteiger partial charge < -0.3 is 14.2 Å². The SMILES string of the molecule is CCC1(Oc2ccc3nn(COCC[Si](C)(C)C)c(-c4cc(Cl)ncn4)c3c2)COC1. The molecule has 3 heterocycles. The van der Waals surface area contributed by atoms with Crippen molar-refractivity contribution in [3.8, 4) is 17.1 Å². The van der Waals surface area contributed by atoms with E-state index in [1.807, 2.05) is 22.9 Å². The molecule has 166 valence electrons. The number of benzene rings is 1. The second kappa shape index (κ2) is 8.86. The highest BCUT2D eigenvalue weighted by Crippen LogP contribution is 2.34. The molecule has 0 aliphatic carbocycles. The zero-order valence-electron chi connectivity index (χ0n) is 18.5. The molecule has 0 bridgehead atoms. The Morgan fingerprint density at radius 2 is 2.00 bits per heavy atom. The number of ether oxygens (including phenoxy) is 3. The highest BCUT2D eigenvalue weighted by atomic mass is 35.5. The van der Waals surface area contributed by atoms with Crippen LogP contribution in [0.25, 0.3) is 22.3 Å². The molecule has 31 heavy (non-hydrogen) atoms. The molecule has 7 nitrogen and oxygen atoms in total. The molecule has 2 aromatic heterocycles. The fourth-order valence-electron chi connectivity index (χ4n) is 3.45. The molecule has 0 atom stereocenters. The van der Waals surface area contributed by atoms with Crippen LogP contribution in [0.15, 0.2) is 30.6 Å². The zero-order valence-corrected chi connectivity index (χ0v) is 20.3. The third-order valence-corrected chi connectivity index (χ3v) is 7.42. The van der Waals surface area contributed by atoms with Crippen molar-refractivity contribution in [1.29, 1.82) is 0 Å². The first-order valence-corrected chi connectivity index (χ1v) is 14.7. The minimum absolute atomic E-state index is 0.248. The summed E-state index contributed by atoms with van der Waals surface area (Å²) in [7, 11) is -1.16. The van der Waals surface area contributed by atoms with Crippen LogP contribution in [-0.2, 0) is 16.2 Å². The minimum Gasteiger partial charge on any atom is -0.482 e. The third kappa shape index (κ3) is 5.09. The zero-order chi connectivity index (χ0) is 22.1. The molecular weight excluding hydrogens is 432 g/mol. The van der Waals surface area contributed by atoms with Gasteiger partial charge in [-0.3, -0.25) is 0 Å². The standard InChI is InChI=1S/C22H29ClN4O3Si/c1-5-22(12-29-13-22)30-16-6-7-18-17(10-16)21(19-11-20(23)25-14-24-19)27(26-18)15-28-8-9-31(2,3)4/h6-7,10-11,14H,5,8-9,12-13,15H2,1-4H3. The highest BCUT2D eigenvalue weighted by Gasteiger charge is 2.39. The van der Waals surface area contributed by atoms with Crippen LogP contribution in [0.3, 0.4) is 0 Å². The van der Waals surface area contributed by atoms with Crippen LogP contribution >= 0.6 is 11.6 Å². The van der Waals surface area contributed by atoms with Crippen LogP contribution in [0.4, 0.5) is 0 Å². The number of hydrogen-bond acceptors (Lipinski definition) is 6. The van der Waals surface area contributed by atoms with Crippen molar-refractivity contribution in [3.63, 3.8) is 0 Å². The van der Waals surface area contributed by atoms with Crippen molar-refractivity contribution in [1.82, 2.24) is 19.7 Å². The largest absolute Gasteiger partial charge is 0.482 e. The van der Waals surface area contributed by atoms with Gasteiger partial charge in [0.2, 0.25) is 0 Å². The highest BCUT2D eigenvalue weighted by molar-refractivity contribution is 6.76. The summed E-state index contributed by atoms with van der Waals surface area (Å²) in [6.45, 7) is 11.4. The van der Waals surface area contributed by atoms with Crippen molar-refractivity contribution in [3.05, 3.63) is 35.7 Å². The van der Waals surface area contributed by atoms with E-state index >= 15 is 0 Å². The monoisotopic (exact) mass is 460 g/mol. The van der Waals surface area contributed by atoms with Crippen molar-refractivity contribution >= 4 is 30.6 Å². The number of fused-ring (bicyclic) bond motifs is 1. The maximum atomic E-state index is 6.31. The number of hydrogen-bond donors (Lipinski definition) is 0. The lowest BCUT2D eigenvalue weighted by Gasteiger charge is -2.40. The average molecular weight is 461 g/mol. The Bertz CT molecular complexity index is 1060. The van der Waals surface area contributed by atoms with Crippen LogP contribution in [0, 0.1) is 0 Å². The molecule has 0 amide bonds. The van der Waals surface area contributed by atoms with Crippen LogP contribution in [0.2, 0.25) is 30.8 Å². The van der Waals surface area contributed by atoms with Gasteiger partial charge in [0.1, 0.15) is 24.0 Å². The van der Waals surface area contributed by atoms with Gasteiger partial charge in [-0.05, 0) is 30.7 Å². The van der Waals surface area contributed by atoms with Gasteiger partial charge in [0, 0.05) is 26.1 Å². The van der Waals surface area contributed by atoms with Gasteiger partial charge in [-0.25, -0.2) is 14.6 Å². The average Bonchev–Trinajstić information content (AvgIpc) is 3.05. The second-order valence-corrected chi connectivity index (χ2v) is 15.2.